The lowest BCUT2D eigenvalue weighted by Gasteiger charge is -2.14. The number of hydrogen-bond acceptors (Lipinski definition) is 3. The predicted molar refractivity (Wildman–Crippen MR) is 77.8 cm³/mol. The van der Waals surface area contributed by atoms with Crippen LogP contribution >= 0.6 is 0 Å². The van der Waals surface area contributed by atoms with Crippen LogP contribution in [-0.2, 0) is 4.79 Å². The Morgan fingerprint density at radius 1 is 1.35 bits per heavy atom. The first-order chi connectivity index (χ1) is 9.56. The van der Waals surface area contributed by atoms with E-state index in [4.69, 9.17) is 4.74 Å². The van der Waals surface area contributed by atoms with Gasteiger partial charge in [0.25, 0.3) is 0 Å². The summed E-state index contributed by atoms with van der Waals surface area (Å²) in [5.74, 6) is 0.852. The Bertz CT molecular complexity index is 460. The van der Waals surface area contributed by atoms with E-state index in [0.29, 0.717) is 19.6 Å². The molecule has 0 spiro atoms. The molecule has 1 saturated carbocycles. The summed E-state index contributed by atoms with van der Waals surface area (Å²) in [5.41, 5.74) is 2.13. The summed E-state index contributed by atoms with van der Waals surface area (Å²) in [4.78, 5) is 11.7. The van der Waals surface area contributed by atoms with Crippen LogP contribution in [0.5, 0.6) is 5.75 Å². The Morgan fingerprint density at radius 2 is 2.00 bits per heavy atom. The number of aliphatic hydroxyl groups is 1. The van der Waals surface area contributed by atoms with Gasteiger partial charge in [0.05, 0.1) is 19.6 Å². The third-order valence-corrected chi connectivity index (χ3v) is 3.94. The minimum Gasteiger partial charge on any atom is -0.493 e. The molecule has 2 rings (SSSR count). The van der Waals surface area contributed by atoms with Crippen molar-refractivity contribution in [2.75, 3.05) is 19.8 Å². The molecule has 4 nitrogen and oxygen atoms in total. The zero-order valence-corrected chi connectivity index (χ0v) is 12.2. The molecule has 0 aromatic heterocycles. The largest absolute Gasteiger partial charge is 0.493 e. The molecule has 1 fully saturated rings. The Kier molecular flexibility index (Phi) is 4.65. The Balaban J connectivity index is 1.71. The van der Waals surface area contributed by atoms with E-state index >= 15 is 0 Å². The van der Waals surface area contributed by atoms with E-state index in [9.17, 15) is 9.90 Å². The van der Waals surface area contributed by atoms with Crippen LogP contribution in [0.25, 0.3) is 0 Å². The molecule has 0 saturated heterocycles. The molecule has 0 atom stereocenters. The average Bonchev–Trinajstić information content (AvgIpc) is 3.20. The first-order valence-electron chi connectivity index (χ1n) is 7.13. The summed E-state index contributed by atoms with van der Waals surface area (Å²) in [7, 11) is 0. The number of ether oxygens (including phenoxy) is 1. The Labute approximate surface area is 120 Å². The van der Waals surface area contributed by atoms with Crippen molar-refractivity contribution in [1.82, 2.24) is 5.32 Å². The number of rotatable bonds is 7. The van der Waals surface area contributed by atoms with Crippen molar-refractivity contribution in [1.29, 1.82) is 0 Å². The van der Waals surface area contributed by atoms with Crippen LogP contribution in [0.4, 0.5) is 0 Å². The second-order valence-electron chi connectivity index (χ2n) is 5.75. The van der Waals surface area contributed by atoms with Gasteiger partial charge in [0.2, 0.25) is 5.91 Å². The van der Waals surface area contributed by atoms with E-state index in [1.54, 1.807) is 0 Å². The highest BCUT2D eigenvalue weighted by Gasteiger charge is 2.41. The maximum absolute atomic E-state index is 11.7. The average molecular weight is 277 g/mol. The first-order valence-corrected chi connectivity index (χ1v) is 7.13. The summed E-state index contributed by atoms with van der Waals surface area (Å²) in [6.45, 7) is 5.11. The van der Waals surface area contributed by atoms with Gasteiger partial charge in [-0.3, -0.25) is 4.79 Å². The predicted octanol–water partition coefficient (Wildman–Crippen LogP) is 1.96. The van der Waals surface area contributed by atoms with E-state index < -0.39 is 0 Å². The minimum absolute atomic E-state index is 0.0176. The van der Waals surface area contributed by atoms with Crippen molar-refractivity contribution >= 4 is 5.91 Å². The van der Waals surface area contributed by atoms with Gasteiger partial charge in [0.1, 0.15) is 5.75 Å². The van der Waals surface area contributed by atoms with Crippen LogP contribution in [0.2, 0.25) is 0 Å². The highest BCUT2D eigenvalue weighted by Crippen LogP contribution is 2.44. The molecule has 0 aliphatic heterocycles. The Morgan fingerprint density at radius 3 is 2.55 bits per heavy atom. The van der Waals surface area contributed by atoms with Crippen LogP contribution in [0.3, 0.4) is 0 Å². The van der Waals surface area contributed by atoms with Gasteiger partial charge in [-0.1, -0.05) is 18.2 Å². The summed E-state index contributed by atoms with van der Waals surface area (Å²) < 4.78 is 5.70. The van der Waals surface area contributed by atoms with Gasteiger partial charge in [0.15, 0.2) is 0 Å². The quantitative estimate of drug-likeness (QED) is 0.801. The highest BCUT2D eigenvalue weighted by molar-refractivity contribution is 5.76. The number of aryl methyl sites for hydroxylation is 2. The van der Waals surface area contributed by atoms with Gasteiger partial charge in [-0.25, -0.2) is 0 Å². The molecule has 0 bridgehead atoms. The molecule has 0 unspecified atom stereocenters. The molecule has 4 heteroatoms. The molecule has 1 aliphatic rings. The van der Waals surface area contributed by atoms with Gasteiger partial charge in [-0.05, 0) is 37.8 Å². The topological polar surface area (TPSA) is 58.6 Å². The molecule has 0 radical (unpaired) electrons. The SMILES string of the molecule is Cc1cccc(C)c1OCCC(=O)NCC1(CO)CC1. The summed E-state index contributed by atoms with van der Waals surface area (Å²) >= 11 is 0. The fourth-order valence-corrected chi connectivity index (χ4v) is 2.21. The van der Waals surface area contributed by atoms with Gasteiger partial charge >= 0.3 is 0 Å². The summed E-state index contributed by atoms with van der Waals surface area (Å²) in [6.07, 6.45) is 2.35. The number of nitrogens with one attached hydrogen (secondary N) is 1. The van der Waals surface area contributed by atoms with Crippen LogP contribution in [0.1, 0.15) is 30.4 Å². The minimum atomic E-state index is -0.0386. The summed E-state index contributed by atoms with van der Waals surface area (Å²) in [5, 5.41) is 12.1. The third kappa shape index (κ3) is 3.73. The zero-order chi connectivity index (χ0) is 14.6. The fraction of sp³-hybridized carbons (Fsp3) is 0.562. The second kappa shape index (κ2) is 6.27. The maximum Gasteiger partial charge on any atom is 0.223 e. The van der Waals surface area contributed by atoms with Gasteiger partial charge in [0, 0.05) is 12.0 Å². The molecule has 0 heterocycles. The van der Waals surface area contributed by atoms with Crippen molar-refractivity contribution in [3.8, 4) is 5.75 Å². The molecule has 1 amide bonds. The summed E-state index contributed by atoms with van der Waals surface area (Å²) in [6, 6.07) is 6.00. The second-order valence-corrected chi connectivity index (χ2v) is 5.75. The van der Waals surface area contributed by atoms with Crippen LogP contribution in [0, 0.1) is 19.3 Å². The van der Waals surface area contributed by atoms with Gasteiger partial charge in [-0.2, -0.15) is 0 Å². The van der Waals surface area contributed by atoms with Crippen molar-refractivity contribution in [2.45, 2.75) is 33.1 Å². The number of para-hydroxylation sites is 1. The number of carbonyl (C=O) groups is 1. The van der Waals surface area contributed by atoms with E-state index in [-0.39, 0.29) is 17.9 Å². The highest BCUT2D eigenvalue weighted by atomic mass is 16.5. The normalized spacial score (nSPS) is 15.8. The molecule has 20 heavy (non-hydrogen) atoms. The molecule has 1 aliphatic carbocycles. The van der Waals surface area contributed by atoms with E-state index in [0.717, 1.165) is 29.7 Å². The van der Waals surface area contributed by atoms with E-state index in [2.05, 4.69) is 5.32 Å². The molecular weight excluding hydrogens is 254 g/mol. The van der Waals surface area contributed by atoms with Crippen molar-refractivity contribution < 1.29 is 14.6 Å². The number of hydrogen-bond donors (Lipinski definition) is 2. The molecule has 1 aromatic carbocycles. The van der Waals surface area contributed by atoms with Crippen molar-refractivity contribution in [2.24, 2.45) is 5.41 Å². The van der Waals surface area contributed by atoms with Crippen LogP contribution < -0.4 is 10.1 Å². The standard InChI is InChI=1S/C16H23NO3/c1-12-4-3-5-13(2)15(12)20-9-6-14(19)17-10-16(11-18)7-8-16/h3-5,18H,6-11H2,1-2H3,(H,17,19). The van der Waals surface area contributed by atoms with Crippen LogP contribution in [-0.4, -0.2) is 30.8 Å². The van der Waals surface area contributed by atoms with E-state index in [1.165, 1.54) is 0 Å². The monoisotopic (exact) mass is 277 g/mol. The molecule has 1 aromatic rings. The first kappa shape index (κ1) is 14.9. The van der Waals surface area contributed by atoms with Crippen molar-refractivity contribution in [3.05, 3.63) is 29.3 Å². The smallest absolute Gasteiger partial charge is 0.223 e. The van der Waals surface area contributed by atoms with Crippen LogP contribution in [0.15, 0.2) is 18.2 Å². The fourth-order valence-electron chi connectivity index (χ4n) is 2.21. The molecule has 2 N–H and O–H groups in total. The number of amides is 1. The lowest BCUT2D eigenvalue weighted by Crippen LogP contribution is -2.32. The molecule has 110 valence electrons. The molecular formula is C16H23NO3. The Hall–Kier alpha value is -1.55. The number of carbonyl (C=O) groups excluding carboxylic acids is 1. The number of benzene rings is 1. The maximum atomic E-state index is 11.7. The lowest BCUT2D eigenvalue weighted by atomic mass is 10.1. The lowest BCUT2D eigenvalue weighted by molar-refractivity contribution is -0.121. The zero-order valence-electron chi connectivity index (χ0n) is 12.2. The third-order valence-electron chi connectivity index (χ3n) is 3.94. The van der Waals surface area contributed by atoms with Crippen molar-refractivity contribution in [3.63, 3.8) is 0 Å². The van der Waals surface area contributed by atoms with E-state index in [1.807, 2.05) is 32.0 Å². The van der Waals surface area contributed by atoms with Gasteiger partial charge < -0.3 is 15.2 Å². The number of aliphatic hydroxyl groups excluding tert-OH is 1. The van der Waals surface area contributed by atoms with Gasteiger partial charge in [-0.15, -0.1) is 0 Å².